The lowest BCUT2D eigenvalue weighted by molar-refractivity contribution is -0.0203. The highest BCUT2D eigenvalue weighted by Crippen LogP contribution is 2.24. The van der Waals surface area contributed by atoms with Gasteiger partial charge in [-0.05, 0) is 25.2 Å². The molecule has 3 heterocycles. The van der Waals surface area contributed by atoms with Gasteiger partial charge >= 0.3 is 0 Å². The first-order chi connectivity index (χ1) is 11.6. The maximum Gasteiger partial charge on any atom is 0.133 e. The van der Waals surface area contributed by atoms with Crippen molar-refractivity contribution in [1.82, 2.24) is 9.97 Å². The lowest BCUT2D eigenvalue weighted by Gasteiger charge is -2.35. The van der Waals surface area contributed by atoms with E-state index < -0.39 is 0 Å². The van der Waals surface area contributed by atoms with E-state index >= 15 is 0 Å². The zero-order chi connectivity index (χ0) is 16.9. The first-order valence-electron chi connectivity index (χ1n) is 9.12. The summed E-state index contributed by atoms with van der Waals surface area (Å²) in [4.78, 5) is 11.0. The molecular formula is C18H30N4O2. The maximum absolute atomic E-state index is 5.96. The molecule has 2 aliphatic rings. The first kappa shape index (κ1) is 17.4. The van der Waals surface area contributed by atoms with Gasteiger partial charge in [0.1, 0.15) is 18.0 Å². The zero-order valence-corrected chi connectivity index (χ0v) is 15.1. The molecule has 1 aromatic heterocycles. The Morgan fingerprint density at radius 3 is 2.92 bits per heavy atom. The van der Waals surface area contributed by atoms with Crippen molar-refractivity contribution in [3.8, 4) is 0 Å². The highest BCUT2D eigenvalue weighted by atomic mass is 16.5. The van der Waals surface area contributed by atoms with Crippen LogP contribution in [0.2, 0.25) is 0 Å². The van der Waals surface area contributed by atoms with Gasteiger partial charge in [0.05, 0.1) is 18.8 Å². The van der Waals surface area contributed by atoms with Crippen LogP contribution in [0.4, 0.5) is 11.6 Å². The Hall–Kier alpha value is -1.40. The van der Waals surface area contributed by atoms with Crippen molar-refractivity contribution in [2.75, 3.05) is 43.6 Å². The fourth-order valence-electron chi connectivity index (χ4n) is 3.65. The Kier molecular flexibility index (Phi) is 5.89. The molecule has 2 saturated heterocycles. The molecule has 0 aromatic carbocycles. The molecule has 24 heavy (non-hydrogen) atoms. The molecule has 6 nitrogen and oxygen atoms in total. The van der Waals surface area contributed by atoms with E-state index in [1.807, 2.05) is 6.07 Å². The fourth-order valence-corrected chi connectivity index (χ4v) is 3.65. The van der Waals surface area contributed by atoms with Crippen molar-refractivity contribution in [2.24, 2.45) is 11.8 Å². The third-order valence-electron chi connectivity index (χ3n) is 4.96. The molecule has 1 aromatic rings. The molecule has 0 saturated carbocycles. The summed E-state index contributed by atoms with van der Waals surface area (Å²) in [5.41, 5.74) is 0. The standard InChI is InChI=1S/C18H30N4O2/c1-13(2)18-15(5-4-7-24-18)21-16-9-17(20-12-19-16)22(3)10-14-6-8-23-11-14/h9,12-15,18H,4-8,10-11H2,1-3H3,(H,19,20,21)/t14-,15-,18-/m0/s1. The van der Waals surface area contributed by atoms with Gasteiger partial charge in [0.25, 0.3) is 0 Å². The van der Waals surface area contributed by atoms with E-state index in [0.717, 1.165) is 57.3 Å². The van der Waals surface area contributed by atoms with Gasteiger partial charge in [-0.15, -0.1) is 0 Å². The van der Waals surface area contributed by atoms with Crippen molar-refractivity contribution in [1.29, 1.82) is 0 Å². The molecule has 0 radical (unpaired) electrons. The third-order valence-corrected chi connectivity index (χ3v) is 4.96. The quantitative estimate of drug-likeness (QED) is 0.863. The van der Waals surface area contributed by atoms with Crippen molar-refractivity contribution in [3.63, 3.8) is 0 Å². The van der Waals surface area contributed by atoms with Gasteiger partial charge < -0.3 is 19.7 Å². The molecule has 1 N–H and O–H groups in total. The van der Waals surface area contributed by atoms with Gasteiger partial charge in [0, 0.05) is 38.8 Å². The molecule has 0 spiro atoms. The van der Waals surface area contributed by atoms with Crippen LogP contribution in [0.5, 0.6) is 0 Å². The predicted octanol–water partition coefficient (Wildman–Crippen LogP) is 2.56. The molecule has 3 atom stereocenters. The summed E-state index contributed by atoms with van der Waals surface area (Å²) in [5.74, 6) is 2.93. The number of hydrogen-bond donors (Lipinski definition) is 1. The number of nitrogens with zero attached hydrogens (tertiary/aromatic N) is 3. The van der Waals surface area contributed by atoms with Crippen LogP contribution >= 0.6 is 0 Å². The van der Waals surface area contributed by atoms with Gasteiger partial charge in [-0.3, -0.25) is 0 Å². The van der Waals surface area contributed by atoms with Crippen LogP contribution < -0.4 is 10.2 Å². The second-order valence-corrected chi connectivity index (χ2v) is 7.34. The summed E-state index contributed by atoms with van der Waals surface area (Å²) in [6.07, 6.45) is 5.24. The maximum atomic E-state index is 5.96. The molecule has 6 heteroatoms. The van der Waals surface area contributed by atoms with E-state index in [0.29, 0.717) is 17.9 Å². The molecule has 0 aliphatic carbocycles. The summed E-state index contributed by atoms with van der Waals surface area (Å²) in [6.45, 7) is 8.00. The summed E-state index contributed by atoms with van der Waals surface area (Å²) < 4.78 is 11.4. The van der Waals surface area contributed by atoms with Gasteiger partial charge in [0.15, 0.2) is 0 Å². The molecule has 2 aliphatic heterocycles. The van der Waals surface area contributed by atoms with Gasteiger partial charge in [0.2, 0.25) is 0 Å². The van der Waals surface area contributed by atoms with Gasteiger partial charge in [-0.1, -0.05) is 13.8 Å². The molecule has 0 amide bonds. The van der Waals surface area contributed by atoms with Crippen LogP contribution in [0.15, 0.2) is 12.4 Å². The van der Waals surface area contributed by atoms with Crippen LogP contribution in [-0.4, -0.2) is 55.5 Å². The summed E-state index contributed by atoms with van der Waals surface area (Å²) in [5, 5.41) is 3.57. The second-order valence-electron chi connectivity index (χ2n) is 7.34. The summed E-state index contributed by atoms with van der Waals surface area (Å²) in [6, 6.07) is 2.36. The van der Waals surface area contributed by atoms with Crippen LogP contribution in [0.25, 0.3) is 0 Å². The van der Waals surface area contributed by atoms with E-state index in [-0.39, 0.29) is 6.10 Å². The lowest BCUT2D eigenvalue weighted by Crippen LogP contribution is -2.43. The Bertz CT molecular complexity index is 519. The monoisotopic (exact) mass is 334 g/mol. The zero-order valence-electron chi connectivity index (χ0n) is 15.1. The van der Waals surface area contributed by atoms with Crippen LogP contribution in [-0.2, 0) is 9.47 Å². The minimum Gasteiger partial charge on any atom is -0.381 e. The topological polar surface area (TPSA) is 59.5 Å². The highest BCUT2D eigenvalue weighted by Gasteiger charge is 2.28. The first-order valence-corrected chi connectivity index (χ1v) is 9.12. The fraction of sp³-hybridized carbons (Fsp3) is 0.778. The van der Waals surface area contributed by atoms with Crippen molar-refractivity contribution >= 4 is 11.6 Å². The minimum atomic E-state index is 0.241. The van der Waals surface area contributed by atoms with Gasteiger partial charge in [-0.2, -0.15) is 0 Å². The number of ether oxygens (including phenoxy) is 2. The Balaban J connectivity index is 1.63. The summed E-state index contributed by atoms with van der Waals surface area (Å²) >= 11 is 0. The predicted molar refractivity (Wildman–Crippen MR) is 95.5 cm³/mol. The van der Waals surface area contributed by atoms with Crippen LogP contribution in [0.1, 0.15) is 33.1 Å². The van der Waals surface area contributed by atoms with Crippen LogP contribution in [0.3, 0.4) is 0 Å². The molecular weight excluding hydrogens is 304 g/mol. The summed E-state index contributed by atoms with van der Waals surface area (Å²) in [7, 11) is 2.09. The molecule has 134 valence electrons. The third kappa shape index (κ3) is 4.36. The van der Waals surface area contributed by atoms with E-state index in [1.165, 1.54) is 0 Å². The lowest BCUT2D eigenvalue weighted by atomic mass is 9.94. The second kappa shape index (κ2) is 8.12. The number of anilines is 2. The van der Waals surface area contributed by atoms with Crippen molar-refractivity contribution in [3.05, 3.63) is 12.4 Å². The normalized spacial score (nSPS) is 27.4. The smallest absolute Gasteiger partial charge is 0.133 e. The average molecular weight is 334 g/mol. The average Bonchev–Trinajstić information content (AvgIpc) is 3.08. The van der Waals surface area contributed by atoms with Crippen LogP contribution in [0, 0.1) is 11.8 Å². The van der Waals surface area contributed by atoms with E-state index in [2.05, 4.69) is 41.1 Å². The minimum absolute atomic E-state index is 0.241. The van der Waals surface area contributed by atoms with E-state index in [9.17, 15) is 0 Å². The largest absolute Gasteiger partial charge is 0.381 e. The SMILES string of the molecule is CC(C)[C@@H]1OCCC[C@@H]1Nc1cc(N(C)C[C@@H]2CCOC2)ncn1. The van der Waals surface area contributed by atoms with Gasteiger partial charge in [-0.25, -0.2) is 9.97 Å². The van der Waals surface area contributed by atoms with Crippen molar-refractivity contribution in [2.45, 2.75) is 45.3 Å². The molecule has 2 fully saturated rings. The number of nitrogens with one attached hydrogen (secondary N) is 1. The highest BCUT2D eigenvalue weighted by molar-refractivity contribution is 5.48. The number of rotatable bonds is 6. The Morgan fingerprint density at radius 1 is 1.29 bits per heavy atom. The molecule has 3 rings (SSSR count). The Morgan fingerprint density at radius 2 is 2.17 bits per heavy atom. The molecule has 0 unspecified atom stereocenters. The number of aromatic nitrogens is 2. The Labute approximate surface area is 145 Å². The molecule has 0 bridgehead atoms. The number of hydrogen-bond acceptors (Lipinski definition) is 6. The van der Waals surface area contributed by atoms with E-state index in [1.54, 1.807) is 6.33 Å². The van der Waals surface area contributed by atoms with E-state index in [4.69, 9.17) is 9.47 Å². The van der Waals surface area contributed by atoms with Crippen molar-refractivity contribution < 1.29 is 9.47 Å².